The van der Waals surface area contributed by atoms with Crippen molar-refractivity contribution < 1.29 is 19.1 Å². The van der Waals surface area contributed by atoms with Crippen LogP contribution in [0.25, 0.3) is 6.08 Å². The maximum atomic E-state index is 12.4. The van der Waals surface area contributed by atoms with E-state index in [4.69, 9.17) is 27.5 Å². The Bertz CT molecular complexity index is 1060. The summed E-state index contributed by atoms with van der Waals surface area (Å²) in [6, 6.07) is 11.4. The summed E-state index contributed by atoms with van der Waals surface area (Å²) in [5.41, 5.74) is 2.78. The quantitative estimate of drug-likeness (QED) is 0.431. The van der Waals surface area contributed by atoms with Gasteiger partial charge >= 0.3 is 0 Å². The van der Waals surface area contributed by atoms with Crippen molar-refractivity contribution >= 4 is 40.6 Å². The third-order valence-corrected chi connectivity index (χ3v) is 5.41. The predicted octanol–water partition coefficient (Wildman–Crippen LogP) is 5.30. The summed E-state index contributed by atoms with van der Waals surface area (Å²) in [7, 11) is 0. The number of carbonyl (C=O) groups is 2. The second-order valence-corrected chi connectivity index (χ2v) is 7.91. The van der Waals surface area contributed by atoms with Crippen molar-refractivity contribution in [1.82, 2.24) is 4.90 Å². The molecule has 2 aromatic carbocycles. The number of carbonyl (C=O) groups excluding carboxylic acids is 2. The van der Waals surface area contributed by atoms with Gasteiger partial charge in [0.1, 0.15) is 6.61 Å². The van der Waals surface area contributed by atoms with Gasteiger partial charge in [0.15, 0.2) is 11.5 Å². The number of halogens is 1. The molecule has 0 N–H and O–H groups in total. The average Bonchev–Trinajstić information content (AvgIpc) is 2.95. The van der Waals surface area contributed by atoms with Gasteiger partial charge in [-0.2, -0.15) is 0 Å². The molecule has 30 heavy (non-hydrogen) atoms. The molecule has 5 nitrogen and oxygen atoms in total. The highest BCUT2D eigenvalue weighted by Gasteiger charge is 2.34. The molecule has 1 fully saturated rings. The van der Waals surface area contributed by atoms with Gasteiger partial charge in [-0.3, -0.25) is 14.5 Å². The van der Waals surface area contributed by atoms with Crippen LogP contribution in [0.15, 0.2) is 41.3 Å². The van der Waals surface area contributed by atoms with Crippen molar-refractivity contribution in [2.24, 2.45) is 0 Å². The minimum Gasteiger partial charge on any atom is -0.490 e. The van der Waals surface area contributed by atoms with E-state index < -0.39 is 11.1 Å². The topological polar surface area (TPSA) is 55.8 Å². The van der Waals surface area contributed by atoms with Gasteiger partial charge in [0.25, 0.3) is 11.1 Å². The summed E-state index contributed by atoms with van der Waals surface area (Å²) in [5.74, 6) is 2.79. The van der Waals surface area contributed by atoms with E-state index in [1.54, 1.807) is 18.2 Å². The number of terminal acetylenes is 1. The smallest absolute Gasteiger partial charge is 0.294 e. The number of hydrogen-bond donors (Lipinski definition) is 0. The van der Waals surface area contributed by atoms with Crippen LogP contribution in [0.1, 0.15) is 23.6 Å². The molecule has 0 aromatic heterocycles. The molecule has 154 valence electrons. The molecule has 0 spiro atoms. The molecular weight excluding hydrogens is 422 g/mol. The van der Waals surface area contributed by atoms with Crippen molar-refractivity contribution in [1.29, 1.82) is 0 Å². The Hall–Kier alpha value is -2.88. The molecule has 0 radical (unpaired) electrons. The zero-order valence-electron chi connectivity index (χ0n) is 16.6. The Kier molecular flexibility index (Phi) is 7.09. The Morgan fingerprint density at radius 3 is 2.73 bits per heavy atom. The number of nitrogens with zero attached hydrogens (tertiary/aromatic N) is 1. The number of ether oxygens (including phenoxy) is 2. The van der Waals surface area contributed by atoms with Crippen molar-refractivity contribution in [2.75, 3.05) is 13.2 Å². The number of thioether (sulfide) groups is 1. The van der Waals surface area contributed by atoms with Crippen LogP contribution in [0, 0.1) is 19.3 Å². The van der Waals surface area contributed by atoms with Gasteiger partial charge in [-0.1, -0.05) is 47.4 Å². The number of amides is 2. The first kappa shape index (κ1) is 21.8. The molecule has 0 saturated carbocycles. The van der Waals surface area contributed by atoms with Crippen molar-refractivity contribution in [3.8, 4) is 23.8 Å². The number of imide groups is 1. The van der Waals surface area contributed by atoms with Crippen LogP contribution in [0.2, 0.25) is 5.02 Å². The maximum Gasteiger partial charge on any atom is 0.294 e. The first-order chi connectivity index (χ1) is 14.4. The molecule has 2 amide bonds. The van der Waals surface area contributed by atoms with Crippen LogP contribution in [0.5, 0.6) is 11.5 Å². The normalized spacial score (nSPS) is 14.9. The van der Waals surface area contributed by atoms with Gasteiger partial charge < -0.3 is 9.47 Å². The summed E-state index contributed by atoms with van der Waals surface area (Å²) in [6.45, 7) is 4.57. The van der Waals surface area contributed by atoms with E-state index in [2.05, 4.69) is 5.92 Å². The molecule has 1 saturated heterocycles. The Morgan fingerprint density at radius 1 is 1.23 bits per heavy atom. The van der Waals surface area contributed by atoms with Crippen LogP contribution in [0.4, 0.5) is 4.79 Å². The highest BCUT2D eigenvalue weighted by molar-refractivity contribution is 8.18. The average molecular weight is 442 g/mol. The highest BCUT2D eigenvalue weighted by atomic mass is 35.5. The van der Waals surface area contributed by atoms with Crippen LogP contribution >= 0.6 is 23.4 Å². The fourth-order valence-corrected chi connectivity index (χ4v) is 4.02. The third-order valence-electron chi connectivity index (χ3n) is 4.22. The zero-order valence-corrected chi connectivity index (χ0v) is 18.2. The number of aryl methyl sites for hydroxylation is 1. The van der Waals surface area contributed by atoms with Crippen molar-refractivity contribution in [2.45, 2.75) is 20.5 Å². The molecule has 0 atom stereocenters. The molecule has 3 rings (SSSR count). The van der Waals surface area contributed by atoms with Crippen LogP contribution in [-0.2, 0) is 11.4 Å². The summed E-state index contributed by atoms with van der Waals surface area (Å²) in [6.07, 6.45) is 6.82. The molecule has 0 aliphatic carbocycles. The first-order valence-corrected chi connectivity index (χ1v) is 10.5. The Balaban J connectivity index is 1.87. The summed E-state index contributed by atoms with van der Waals surface area (Å²) in [4.78, 5) is 25.7. The monoisotopic (exact) mass is 441 g/mol. The largest absolute Gasteiger partial charge is 0.490 e. The Labute approximate surface area is 185 Å². The fraction of sp³-hybridized carbons (Fsp3) is 0.217. The molecule has 0 unspecified atom stereocenters. The molecule has 1 aliphatic rings. The number of rotatable bonds is 7. The van der Waals surface area contributed by atoms with Crippen molar-refractivity contribution in [3.05, 3.63) is 63.0 Å². The van der Waals surface area contributed by atoms with E-state index in [9.17, 15) is 9.59 Å². The van der Waals surface area contributed by atoms with E-state index in [0.29, 0.717) is 35.3 Å². The molecule has 1 aliphatic heterocycles. The second-order valence-electron chi connectivity index (χ2n) is 6.51. The summed E-state index contributed by atoms with van der Waals surface area (Å²) < 4.78 is 11.6. The molecule has 0 bridgehead atoms. The fourth-order valence-electron chi connectivity index (χ4n) is 2.91. The lowest BCUT2D eigenvalue weighted by Crippen LogP contribution is -2.28. The number of hydrogen-bond acceptors (Lipinski definition) is 5. The second kappa shape index (κ2) is 9.75. The van der Waals surface area contributed by atoms with E-state index in [1.165, 1.54) is 0 Å². The van der Waals surface area contributed by atoms with Crippen molar-refractivity contribution in [3.63, 3.8) is 0 Å². The van der Waals surface area contributed by atoms with E-state index in [1.807, 2.05) is 38.1 Å². The molecular formula is C23H20ClNO4S. The minimum atomic E-state index is -0.420. The van der Waals surface area contributed by atoms with Crippen LogP contribution < -0.4 is 9.47 Å². The molecule has 7 heteroatoms. The Morgan fingerprint density at radius 2 is 2.03 bits per heavy atom. The standard InChI is InChI=1S/C23H20ClNO4S/c1-4-9-25-22(26)20(30-23(25)27)13-17-11-18(24)21(19(12-17)28-5-2)29-14-16-8-6-7-15(3)10-16/h1,6-8,10-13H,5,9,14H2,2-3H3/b20-13+. The summed E-state index contributed by atoms with van der Waals surface area (Å²) in [5, 5.41) is -0.0406. The van der Waals surface area contributed by atoms with E-state index >= 15 is 0 Å². The maximum absolute atomic E-state index is 12.4. The van der Waals surface area contributed by atoms with Crippen LogP contribution in [-0.4, -0.2) is 29.2 Å². The van der Waals surface area contributed by atoms with Gasteiger partial charge in [0, 0.05) is 0 Å². The highest BCUT2D eigenvalue weighted by Crippen LogP contribution is 2.39. The summed E-state index contributed by atoms with van der Waals surface area (Å²) >= 11 is 7.31. The van der Waals surface area contributed by atoms with E-state index in [0.717, 1.165) is 27.8 Å². The molecule has 1 heterocycles. The first-order valence-electron chi connectivity index (χ1n) is 9.26. The van der Waals surface area contributed by atoms with Gasteiger partial charge in [-0.25, -0.2) is 0 Å². The van der Waals surface area contributed by atoms with Gasteiger partial charge in [-0.05, 0) is 54.9 Å². The zero-order chi connectivity index (χ0) is 21.7. The lowest BCUT2D eigenvalue weighted by atomic mass is 10.1. The van der Waals surface area contributed by atoms with Gasteiger partial charge in [0.05, 0.1) is 23.1 Å². The number of benzene rings is 2. The predicted molar refractivity (Wildman–Crippen MR) is 120 cm³/mol. The van der Waals surface area contributed by atoms with Gasteiger partial charge in [-0.15, -0.1) is 6.42 Å². The minimum absolute atomic E-state index is 0.0568. The lowest BCUT2D eigenvalue weighted by molar-refractivity contribution is -0.122. The van der Waals surface area contributed by atoms with Gasteiger partial charge in [0.2, 0.25) is 0 Å². The third kappa shape index (κ3) is 4.99. The van der Waals surface area contributed by atoms with E-state index in [-0.39, 0.29) is 11.4 Å². The lowest BCUT2D eigenvalue weighted by Gasteiger charge is -2.15. The van der Waals surface area contributed by atoms with Crippen LogP contribution in [0.3, 0.4) is 0 Å². The SMILES string of the molecule is C#CCN1C(=O)S/C(=C/c2cc(Cl)c(OCc3cccc(C)c3)c(OCC)c2)C1=O. The molecule has 2 aromatic rings.